The Labute approximate surface area is 164 Å². The Morgan fingerprint density at radius 3 is 2.36 bits per heavy atom. The van der Waals surface area contributed by atoms with Crippen LogP contribution in [0.25, 0.3) is 11.3 Å². The van der Waals surface area contributed by atoms with Crippen LogP contribution in [0.1, 0.15) is 60.4 Å². The van der Waals surface area contributed by atoms with E-state index >= 15 is 0 Å². The summed E-state index contributed by atoms with van der Waals surface area (Å²) in [7, 11) is 0. The first-order chi connectivity index (χ1) is 13.4. The number of benzene rings is 1. The van der Waals surface area contributed by atoms with Gasteiger partial charge in [-0.15, -0.1) is 0 Å². The minimum absolute atomic E-state index is 0.0173. The number of carbonyl (C=O) groups excluding carboxylic acids is 3. The first-order valence-corrected chi connectivity index (χ1v) is 9.60. The van der Waals surface area contributed by atoms with Gasteiger partial charge in [-0.2, -0.15) is 0 Å². The van der Waals surface area contributed by atoms with E-state index in [1.54, 1.807) is 30.3 Å². The fourth-order valence-electron chi connectivity index (χ4n) is 3.35. The highest BCUT2D eigenvalue weighted by atomic mass is 16.5. The fraction of sp³-hybridized carbons (Fsp3) is 0.409. The number of Topliss-reactive ketones (excluding diaryl/α,β-unsaturated/α-hetero) is 1. The average Bonchev–Trinajstić information content (AvgIpc) is 3.18. The molecule has 0 aliphatic heterocycles. The quantitative estimate of drug-likeness (QED) is 0.602. The van der Waals surface area contributed by atoms with Crippen molar-refractivity contribution in [2.75, 3.05) is 6.61 Å². The molecule has 1 aliphatic carbocycles. The van der Waals surface area contributed by atoms with Gasteiger partial charge in [-0.3, -0.25) is 9.59 Å². The summed E-state index contributed by atoms with van der Waals surface area (Å²) in [5, 5.41) is 2.92. The number of ether oxygens (including phenoxy) is 1. The van der Waals surface area contributed by atoms with E-state index in [1.165, 1.54) is 13.0 Å². The van der Waals surface area contributed by atoms with Crippen LogP contribution in [0.2, 0.25) is 0 Å². The molecule has 1 aromatic heterocycles. The lowest BCUT2D eigenvalue weighted by atomic mass is 9.87. The Hall–Kier alpha value is -2.89. The highest BCUT2D eigenvalue weighted by Crippen LogP contribution is 2.24. The molecule has 1 aliphatic rings. The van der Waals surface area contributed by atoms with Gasteiger partial charge in [0.2, 0.25) is 5.76 Å². The number of ketones is 1. The molecule has 1 aromatic carbocycles. The average molecular weight is 383 g/mol. The predicted octanol–water partition coefficient (Wildman–Crippen LogP) is 4.00. The summed E-state index contributed by atoms with van der Waals surface area (Å²) in [6.45, 7) is 3.39. The van der Waals surface area contributed by atoms with Gasteiger partial charge < -0.3 is 14.5 Å². The summed E-state index contributed by atoms with van der Waals surface area (Å²) in [4.78, 5) is 35.5. The Balaban J connectivity index is 1.51. The highest BCUT2D eigenvalue weighted by molar-refractivity contribution is 5.94. The van der Waals surface area contributed by atoms with Crippen LogP contribution < -0.4 is 5.32 Å². The maximum Gasteiger partial charge on any atom is 0.374 e. The third-order valence-electron chi connectivity index (χ3n) is 5.10. The molecule has 1 N–H and O–H groups in total. The molecule has 0 radical (unpaired) electrons. The predicted molar refractivity (Wildman–Crippen MR) is 104 cm³/mol. The topological polar surface area (TPSA) is 85.6 Å². The molecule has 6 nitrogen and oxygen atoms in total. The van der Waals surface area contributed by atoms with Gasteiger partial charge in [0.05, 0.1) is 0 Å². The van der Waals surface area contributed by atoms with Crippen LogP contribution in [-0.4, -0.2) is 30.3 Å². The second kappa shape index (κ2) is 8.87. The highest BCUT2D eigenvalue weighted by Gasteiger charge is 2.21. The van der Waals surface area contributed by atoms with Gasteiger partial charge in [0.1, 0.15) is 5.76 Å². The molecule has 1 heterocycles. The van der Waals surface area contributed by atoms with Crippen LogP contribution in [0, 0.1) is 5.92 Å². The SMILES string of the molecule is CC(=O)c1ccc(-c2ccc(C(=O)OCC(=O)NC3CCC(C)CC3)o2)cc1. The molecule has 148 valence electrons. The fourth-order valence-corrected chi connectivity index (χ4v) is 3.35. The van der Waals surface area contributed by atoms with E-state index in [1.807, 2.05) is 0 Å². The zero-order valence-corrected chi connectivity index (χ0v) is 16.2. The molecule has 2 aromatic rings. The van der Waals surface area contributed by atoms with Crippen molar-refractivity contribution >= 4 is 17.7 Å². The van der Waals surface area contributed by atoms with Gasteiger partial charge in [-0.05, 0) is 50.7 Å². The lowest BCUT2D eigenvalue weighted by molar-refractivity contribution is -0.125. The minimum atomic E-state index is -0.681. The zero-order chi connectivity index (χ0) is 20.1. The van der Waals surface area contributed by atoms with E-state index in [0.29, 0.717) is 17.2 Å². The summed E-state index contributed by atoms with van der Waals surface area (Å²) >= 11 is 0. The molecule has 0 atom stereocenters. The number of hydrogen-bond donors (Lipinski definition) is 1. The van der Waals surface area contributed by atoms with E-state index in [9.17, 15) is 14.4 Å². The van der Waals surface area contributed by atoms with Gasteiger partial charge in [-0.25, -0.2) is 4.79 Å². The molecule has 1 saturated carbocycles. The van der Waals surface area contributed by atoms with Crippen molar-refractivity contribution in [2.45, 2.75) is 45.6 Å². The van der Waals surface area contributed by atoms with Crippen molar-refractivity contribution < 1.29 is 23.5 Å². The molecule has 0 spiro atoms. The number of furan rings is 1. The summed E-state index contributed by atoms with van der Waals surface area (Å²) in [6.07, 6.45) is 4.14. The van der Waals surface area contributed by atoms with E-state index < -0.39 is 5.97 Å². The number of nitrogens with one attached hydrogen (secondary N) is 1. The van der Waals surface area contributed by atoms with Crippen LogP contribution in [0.4, 0.5) is 0 Å². The number of hydrogen-bond acceptors (Lipinski definition) is 5. The molecular weight excluding hydrogens is 358 g/mol. The van der Waals surface area contributed by atoms with Crippen molar-refractivity contribution in [2.24, 2.45) is 5.92 Å². The van der Waals surface area contributed by atoms with Crippen LogP contribution in [0.3, 0.4) is 0 Å². The van der Waals surface area contributed by atoms with E-state index in [0.717, 1.165) is 31.2 Å². The van der Waals surface area contributed by atoms with Gasteiger partial charge in [0, 0.05) is 17.2 Å². The van der Waals surface area contributed by atoms with Crippen molar-refractivity contribution in [3.05, 3.63) is 47.7 Å². The van der Waals surface area contributed by atoms with E-state index in [-0.39, 0.29) is 30.1 Å². The van der Waals surface area contributed by atoms with Crippen LogP contribution >= 0.6 is 0 Å². The van der Waals surface area contributed by atoms with Crippen molar-refractivity contribution in [3.8, 4) is 11.3 Å². The minimum Gasteiger partial charge on any atom is -0.450 e. The molecular formula is C22H25NO5. The smallest absolute Gasteiger partial charge is 0.374 e. The molecule has 28 heavy (non-hydrogen) atoms. The second-order valence-electron chi connectivity index (χ2n) is 7.40. The van der Waals surface area contributed by atoms with Gasteiger partial charge in [0.25, 0.3) is 5.91 Å². The molecule has 1 amide bonds. The second-order valence-corrected chi connectivity index (χ2v) is 7.40. The molecule has 0 saturated heterocycles. The van der Waals surface area contributed by atoms with Crippen LogP contribution in [0.5, 0.6) is 0 Å². The summed E-state index contributed by atoms with van der Waals surface area (Å²) < 4.78 is 10.6. The van der Waals surface area contributed by atoms with E-state index in [2.05, 4.69) is 12.2 Å². The lowest BCUT2D eigenvalue weighted by Crippen LogP contribution is -2.39. The van der Waals surface area contributed by atoms with Crippen molar-refractivity contribution in [1.82, 2.24) is 5.32 Å². The summed E-state index contributed by atoms with van der Waals surface area (Å²) in [5.74, 6) is 0.236. The Morgan fingerprint density at radius 1 is 1.04 bits per heavy atom. The number of amides is 1. The zero-order valence-electron chi connectivity index (χ0n) is 16.2. The monoisotopic (exact) mass is 383 g/mol. The maximum atomic E-state index is 12.1. The van der Waals surface area contributed by atoms with Gasteiger partial charge in [-0.1, -0.05) is 31.2 Å². The van der Waals surface area contributed by atoms with Gasteiger partial charge in [0.15, 0.2) is 12.4 Å². The largest absolute Gasteiger partial charge is 0.450 e. The summed E-state index contributed by atoms with van der Waals surface area (Å²) in [6, 6.07) is 10.2. The first-order valence-electron chi connectivity index (χ1n) is 9.60. The van der Waals surface area contributed by atoms with Crippen LogP contribution in [0.15, 0.2) is 40.8 Å². The Bertz CT molecular complexity index is 844. The van der Waals surface area contributed by atoms with Gasteiger partial charge >= 0.3 is 5.97 Å². The lowest BCUT2D eigenvalue weighted by Gasteiger charge is -2.26. The number of carbonyl (C=O) groups is 3. The molecule has 0 unspecified atom stereocenters. The third kappa shape index (κ3) is 5.09. The van der Waals surface area contributed by atoms with Crippen molar-refractivity contribution in [3.63, 3.8) is 0 Å². The Morgan fingerprint density at radius 2 is 1.71 bits per heavy atom. The molecule has 0 bridgehead atoms. The standard InChI is InChI=1S/C22H25NO5/c1-14-3-9-18(10-4-14)23-21(25)13-27-22(26)20-12-11-19(28-20)17-7-5-16(6-8-17)15(2)24/h5-8,11-12,14,18H,3-4,9-10,13H2,1-2H3,(H,23,25). The molecule has 6 heteroatoms. The number of esters is 1. The molecule has 3 rings (SSSR count). The third-order valence-corrected chi connectivity index (χ3v) is 5.10. The number of rotatable bonds is 6. The maximum absolute atomic E-state index is 12.1. The van der Waals surface area contributed by atoms with E-state index in [4.69, 9.17) is 9.15 Å². The van der Waals surface area contributed by atoms with Crippen LogP contribution in [-0.2, 0) is 9.53 Å². The first kappa shape index (κ1) is 19.9. The molecule has 1 fully saturated rings. The Kier molecular flexibility index (Phi) is 6.29. The van der Waals surface area contributed by atoms with Crippen molar-refractivity contribution in [1.29, 1.82) is 0 Å². The summed E-state index contributed by atoms with van der Waals surface area (Å²) in [5.41, 5.74) is 1.35. The normalized spacial score (nSPS) is 19.1.